The highest BCUT2D eigenvalue weighted by molar-refractivity contribution is 5.97. The van der Waals surface area contributed by atoms with Crippen molar-refractivity contribution in [2.45, 2.75) is 40.5 Å². The number of benzene rings is 2. The molecule has 2 nitrogen and oxygen atoms in total. The molecule has 21 heavy (non-hydrogen) atoms. The molecule has 0 atom stereocenters. The molecule has 2 heteroatoms. The first-order chi connectivity index (χ1) is 9.88. The molecule has 0 aliphatic carbocycles. The lowest BCUT2D eigenvalue weighted by Crippen LogP contribution is -2.04. The van der Waals surface area contributed by atoms with Gasteiger partial charge in [-0.15, -0.1) is 0 Å². The molecule has 0 unspecified atom stereocenters. The summed E-state index contributed by atoms with van der Waals surface area (Å²) in [6.45, 7) is 8.77. The van der Waals surface area contributed by atoms with Crippen LogP contribution >= 0.6 is 0 Å². The van der Waals surface area contributed by atoms with Crippen molar-refractivity contribution in [1.82, 2.24) is 0 Å². The topological polar surface area (TPSA) is 37.3 Å². The average Bonchev–Trinajstić information content (AvgIpc) is 2.36. The van der Waals surface area contributed by atoms with Gasteiger partial charge in [-0.3, -0.25) is 0 Å². The van der Waals surface area contributed by atoms with Crippen LogP contribution in [0.3, 0.4) is 0 Å². The summed E-state index contributed by atoms with van der Waals surface area (Å²) >= 11 is 0. The van der Waals surface area contributed by atoms with Crippen LogP contribution in [-0.2, 0) is 12.8 Å². The average molecular weight is 284 g/mol. The van der Waals surface area contributed by atoms with Crippen molar-refractivity contribution in [2.75, 3.05) is 0 Å². The minimum atomic E-state index is -0.851. The van der Waals surface area contributed by atoms with Crippen molar-refractivity contribution >= 4 is 16.7 Å². The molecule has 112 valence electrons. The highest BCUT2D eigenvalue weighted by Crippen LogP contribution is 2.28. The number of hydrogen-bond donors (Lipinski definition) is 1. The number of aromatic carboxylic acids is 1. The van der Waals surface area contributed by atoms with Crippen LogP contribution in [0.2, 0.25) is 0 Å². The fourth-order valence-electron chi connectivity index (χ4n) is 2.94. The molecule has 0 fully saturated rings. The Morgan fingerprint density at radius 3 is 2.19 bits per heavy atom. The largest absolute Gasteiger partial charge is 0.478 e. The highest BCUT2D eigenvalue weighted by Gasteiger charge is 2.13. The number of fused-ring (bicyclic) bond motifs is 1. The molecule has 1 N–H and O–H groups in total. The molecule has 0 aromatic heterocycles. The lowest BCUT2D eigenvalue weighted by Gasteiger charge is -2.16. The molecule has 0 radical (unpaired) electrons. The van der Waals surface area contributed by atoms with E-state index in [9.17, 15) is 9.90 Å². The Hall–Kier alpha value is -1.83. The van der Waals surface area contributed by atoms with Gasteiger partial charge in [0.15, 0.2) is 0 Å². The summed E-state index contributed by atoms with van der Waals surface area (Å²) in [5.41, 5.74) is 2.88. The molecule has 0 saturated carbocycles. The summed E-state index contributed by atoms with van der Waals surface area (Å²) in [5.74, 6) is 0.238. The number of carbonyl (C=O) groups is 1. The molecular weight excluding hydrogens is 260 g/mol. The quantitative estimate of drug-likeness (QED) is 0.844. The maximum Gasteiger partial charge on any atom is 0.335 e. The number of rotatable bonds is 5. The Morgan fingerprint density at radius 1 is 1.00 bits per heavy atom. The second kappa shape index (κ2) is 6.30. The van der Waals surface area contributed by atoms with E-state index >= 15 is 0 Å². The van der Waals surface area contributed by atoms with E-state index in [0.717, 1.165) is 23.8 Å². The lowest BCUT2D eigenvalue weighted by molar-refractivity contribution is 0.0697. The molecule has 0 aliphatic heterocycles. The van der Waals surface area contributed by atoms with Gasteiger partial charge in [0.25, 0.3) is 0 Å². The Kier molecular flexibility index (Phi) is 4.66. The van der Waals surface area contributed by atoms with Gasteiger partial charge < -0.3 is 5.11 Å². The van der Waals surface area contributed by atoms with Crippen molar-refractivity contribution in [1.29, 1.82) is 0 Å². The molecule has 0 amide bonds. The first-order valence-corrected chi connectivity index (χ1v) is 7.66. The first kappa shape index (κ1) is 15.6. The van der Waals surface area contributed by atoms with Gasteiger partial charge >= 0.3 is 5.97 Å². The van der Waals surface area contributed by atoms with E-state index in [0.29, 0.717) is 17.4 Å². The van der Waals surface area contributed by atoms with Gasteiger partial charge in [-0.1, -0.05) is 45.9 Å². The molecule has 0 bridgehead atoms. The Balaban J connectivity index is 2.69. The van der Waals surface area contributed by atoms with Crippen molar-refractivity contribution in [3.05, 3.63) is 47.0 Å². The maximum absolute atomic E-state index is 11.3. The summed E-state index contributed by atoms with van der Waals surface area (Å²) in [7, 11) is 0. The molecule has 2 aromatic carbocycles. The lowest BCUT2D eigenvalue weighted by atomic mass is 9.89. The molecule has 2 aromatic rings. The van der Waals surface area contributed by atoms with E-state index in [-0.39, 0.29) is 0 Å². The summed E-state index contributed by atoms with van der Waals surface area (Å²) in [6, 6.07) is 9.88. The van der Waals surface area contributed by atoms with Crippen LogP contribution in [0.4, 0.5) is 0 Å². The van der Waals surface area contributed by atoms with Crippen LogP contribution in [0.25, 0.3) is 10.8 Å². The minimum absolute atomic E-state index is 0.389. The monoisotopic (exact) mass is 284 g/mol. The third-order valence-electron chi connectivity index (χ3n) is 3.65. The fourth-order valence-corrected chi connectivity index (χ4v) is 2.94. The highest BCUT2D eigenvalue weighted by atomic mass is 16.4. The second-order valence-electron chi connectivity index (χ2n) is 6.65. The summed E-state index contributed by atoms with van der Waals surface area (Å²) in [4.78, 5) is 11.3. The predicted molar refractivity (Wildman–Crippen MR) is 88.0 cm³/mol. The second-order valence-corrected chi connectivity index (χ2v) is 6.65. The van der Waals surface area contributed by atoms with Gasteiger partial charge in [-0.25, -0.2) is 4.79 Å². The fraction of sp³-hybridized carbons (Fsp3) is 0.421. The van der Waals surface area contributed by atoms with E-state index in [2.05, 4.69) is 33.8 Å². The minimum Gasteiger partial charge on any atom is -0.478 e. The van der Waals surface area contributed by atoms with Crippen molar-refractivity contribution in [2.24, 2.45) is 11.8 Å². The zero-order chi connectivity index (χ0) is 15.6. The molecular formula is C19H24O2. The van der Waals surface area contributed by atoms with Gasteiger partial charge in [0.1, 0.15) is 0 Å². The van der Waals surface area contributed by atoms with Crippen LogP contribution in [0.1, 0.15) is 49.2 Å². The van der Waals surface area contributed by atoms with Crippen LogP contribution in [0, 0.1) is 11.8 Å². The van der Waals surface area contributed by atoms with Crippen molar-refractivity contribution in [3.8, 4) is 0 Å². The SMILES string of the molecule is CC(C)Cc1cccc2cc(C(=O)O)cc(CC(C)C)c12. The molecule has 0 spiro atoms. The zero-order valence-corrected chi connectivity index (χ0v) is 13.3. The molecule has 2 rings (SSSR count). The summed E-state index contributed by atoms with van der Waals surface area (Å²) < 4.78 is 0. The number of carboxylic acid groups (broad SMARTS) is 1. The molecule has 0 heterocycles. The number of hydrogen-bond acceptors (Lipinski definition) is 1. The van der Waals surface area contributed by atoms with Crippen LogP contribution in [0.15, 0.2) is 30.3 Å². The van der Waals surface area contributed by atoms with Gasteiger partial charge in [-0.05, 0) is 58.7 Å². The summed E-state index contributed by atoms with van der Waals surface area (Å²) in [6.07, 6.45) is 1.93. The van der Waals surface area contributed by atoms with Crippen LogP contribution in [-0.4, -0.2) is 11.1 Å². The smallest absolute Gasteiger partial charge is 0.335 e. The van der Waals surface area contributed by atoms with Crippen LogP contribution < -0.4 is 0 Å². The Morgan fingerprint density at radius 2 is 1.62 bits per heavy atom. The van der Waals surface area contributed by atoms with E-state index in [1.165, 1.54) is 10.9 Å². The van der Waals surface area contributed by atoms with Gasteiger partial charge in [0, 0.05) is 0 Å². The Bertz CT molecular complexity index is 654. The van der Waals surface area contributed by atoms with Gasteiger partial charge in [-0.2, -0.15) is 0 Å². The third-order valence-corrected chi connectivity index (χ3v) is 3.65. The van der Waals surface area contributed by atoms with Gasteiger partial charge in [0.05, 0.1) is 5.56 Å². The van der Waals surface area contributed by atoms with E-state index < -0.39 is 5.97 Å². The Labute approximate surface area is 126 Å². The first-order valence-electron chi connectivity index (χ1n) is 7.66. The predicted octanol–water partition coefficient (Wildman–Crippen LogP) is 4.94. The summed E-state index contributed by atoms with van der Waals surface area (Å²) in [5, 5.41) is 11.6. The van der Waals surface area contributed by atoms with Gasteiger partial charge in [0.2, 0.25) is 0 Å². The van der Waals surface area contributed by atoms with Crippen LogP contribution in [0.5, 0.6) is 0 Å². The molecule has 0 aliphatic rings. The van der Waals surface area contributed by atoms with E-state index in [4.69, 9.17) is 0 Å². The number of carboxylic acids is 1. The third kappa shape index (κ3) is 3.63. The van der Waals surface area contributed by atoms with E-state index in [1.807, 2.05) is 18.2 Å². The molecule has 0 saturated heterocycles. The maximum atomic E-state index is 11.3. The zero-order valence-electron chi connectivity index (χ0n) is 13.3. The van der Waals surface area contributed by atoms with E-state index in [1.54, 1.807) is 6.07 Å². The van der Waals surface area contributed by atoms with Crippen molar-refractivity contribution < 1.29 is 9.90 Å². The normalized spacial score (nSPS) is 11.5. The van der Waals surface area contributed by atoms with Crippen molar-refractivity contribution in [3.63, 3.8) is 0 Å². The standard InChI is InChI=1S/C19H24O2/c1-12(2)8-14-6-5-7-15-10-17(19(20)21)11-16(18(14)15)9-13(3)4/h5-7,10-13H,8-9H2,1-4H3,(H,20,21).